The van der Waals surface area contributed by atoms with E-state index in [0.29, 0.717) is 5.39 Å². The van der Waals surface area contributed by atoms with E-state index in [4.69, 9.17) is 4.98 Å². The predicted octanol–water partition coefficient (Wildman–Crippen LogP) is 5.51. The molecule has 0 N–H and O–H groups in total. The van der Waals surface area contributed by atoms with E-state index < -0.39 is 0 Å². The summed E-state index contributed by atoms with van der Waals surface area (Å²) in [6.07, 6.45) is 1.83. The molecule has 0 spiro atoms. The van der Waals surface area contributed by atoms with Crippen molar-refractivity contribution < 1.29 is 4.39 Å². The number of rotatable bonds is 3. The van der Waals surface area contributed by atoms with E-state index in [0.717, 1.165) is 53.3 Å². The van der Waals surface area contributed by atoms with Gasteiger partial charge in [0.1, 0.15) is 16.5 Å². The minimum absolute atomic E-state index is 0.00398. The second kappa shape index (κ2) is 8.02. The third-order valence-electron chi connectivity index (χ3n) is 6.16. The van der Waals surface area contributed by atoms with Gasteiger partial charge < -0.3 is 4.90 Å². The van der Waals surface area contributed by atoms with Crippen molar-refractivity contribution in [1.29, 1.82) is 0 Å². The first kappa shape index (κ1) is 20.1. The monoisotopic (exact) mass is 433 g/mol. The van der Waals surface area contributed by atoms with Gasteiger partial charge in [-0.05, 0) is 57.6 Å². The van der Waals surface area contributed by atoms with Crippen LogP contribution in [0, 0.1) is 12.7 Å². The SMILES string of the molecule is Cc1ccc(-c2nc3scc(-c4ccc(F)cc4)c3c(=O)n2C2CCN(C)CC2)cc1. The van der Waals surface area contributed by atoms with Crippen LogP contribution in [0.15, 0.2) is 58.7 Å². The minimum Gasteiger partial charge on any atom is -0.306 e. The van der Waals surface area contributed by atoms with Gasteiger partial charge in [-0.25, -0.2) is 9.37 Å². The summed E-state index contributed by atoms with van der Waals surface area (Å²) in [7, 11) is 2.12. The van der Waals surface area contributed by atoms with Gasteiger partial charge in [0.05, 0.1) is 5.39 Å². The highest BCUT2D eigenvalue weighted by molar-refractivity contribution is 7.17. The fraction of sp³-hybridized carbons (Fsp3) is 0.280. The smallest absolute Gasteiger partial charge is 0.263 e. The number of nitrogens with zero attached hydrogens (tertiary/aromatic N) is 3. The van der Waals surface area contributed by atoms with Crippen LogP contribution in [0.4, 0.5) is 4.39 Å². The highest BCUT2D eigenvalue weighted by atomic mass is 32.1. The molecule has 3 heterocycles. The Morgan fingerprint density at radius 2 is 1.65 bits per heavy atom. The lowest BCUT2D eigenvalue weighted by Crippen LogP contribution is -2.36. The molecule has 6 heteroatoms. The summed E-state index contributed by atoms with van der Waals surface area (Å²) in [6.45, 7) is 3.96. The van der Waals surface area contributed by atoms with Gasteiger partial charge in [0.25, 0.3) is 5.56 Å². The van der Waals surface area contributed by atoms with Crippen LogP contribution in [0.25, 0.3) is 32.7 Å². The van der Waals surface area contributed by atoms with E-state index in [1.807, 2.05) is 22.1 Å². The van der Waals surface area contributed by atoms with Crippen LogP contribution in [-0.4, -0.2) is 34.6 Å². The number of likely N-dealkylation sites (tertiary alicyclic amines) is 1. The third kappa shape index (κ3) is 3.70. The minimum atomic E-state index is -0.285. The molecule has 1 saturated heterocycles. The number of benzene rings is 2. The Balaban J connectivity index is 1.74. The number of fused-ring (bicyclic) bond motifs is 1. The lowest BCUT2D eigenvalue weighted by molar-refractivity contribution is 0.219. The van der Waals surface area contributed by atoms with Crippen molar-refractivity contribution in [2.45, 2.75) is 25.8 Å². The van der Waals surface area contributed by atoms with Gasteiger partial charge in [-0.3, -0.25) is 9.36 Å². The Labute approximate surface area is 184 Å². The molecule has 0 amide bonds. The van der Waals surface area contributed by atoms with Crippen LogP contribution in [0.3, 0.4) is 0 Å². The van der Waals surface area contributed by atoms with E-state index in [-0.39, 0.29) is 17.4 Å². The number of thiophene rings is 1. The Bertz CT molecular complexity index is 1280. The van der Waals surface area contributed by atoms with Crippen LogP contribution in [0.5, 0.6) is 0 Å². The Kier molecular flexibility index (Phi) is 5.20. The van der Waals surface area contributed by atoms with E-state index in [1.54, 1.807) is 12.1 Å². The van der Waals surface area contributed by atoms with E-state index in [2.05, 4.69) is 31.0 Å². The molecule has 4 nitrogen and oxygen atoms in total. The maximum atomic E-state index is 13.9. The molecule has 1 fully saturated rings. The van der Waals surface area contributed by atoms with Crippen molar-refractivity contribution in [1.82, 2.24) is 14.5 Å². The lowest BCUT2D eigenvalue weighted by atomic mass is 10.0. The number of halogens is 1. The van der Waals surface area contributed by atoms with Crippen LogP contribution in [-0.2, 0) is 0 Å². The molecular formula is C25H24FN3OS. The van der Waals surface area contributed by atoms with Crippen molar-refractivity contribution in [2.24, 2.45) is 0 Å². The summed E-state index contributed by atoms with van der Waals surface area (Å²) in [4.78, 5) is 21.9. The van der Waals surface area contributed by atoms with Gasteiger partial charge in [0.15, 0.2) is 0 Å². The highest BCUT2D eigenvalue weighted by Crippen LogP contribution is 2.34. The van der Waals surface area contributed by atoms with E-state index >= 15 is 0 Å². The van der Waals surface area contributed by atoms with E-state index in [9.17, 15) is 9.18 Å². The van der Waals surface area contributed by atoms with Crippen LogP contribution < -0.4 is 5.56 Å². The van der Waals surface area contributed by atoms with Crippen molar-refractivity contribution in [2.75, 3.05) is 20.1 Å². The maximum Gasteiger partial charge on any atom is 0.263 e. The molecule has 0 radical (unpaired) electrons. The molecule has 1 aliphatic rings. The maximum absolute atomic E-state index is 13.9. The molecule has 1 aliphatic heterocycles. The molecule has 0 atom stereocenters. The van der Waals surface area contributed by atoms with Gasteiger partial charge in [-0.15, -0.1) is 11.3 Å². The Morgan fingerprint density at radius 3 is 2.32 bits per heavy atom. The zero-order valence-electron chi connectivity index (χ0n) is 17.6. The topological polar surface area (TPSA) is 38.1 Å². The van der Waals surface area contributed by atoms with Crippen molar-refractivity contribution in [3.63, 3.8) is 0 Å². The average Bonchev–Trinajstić information content (AvgIpc) is 3.20. The van der Waals surface area contributed by atoms with Crippen molar-refractivity contribution in [3.05, 3.63) is 75.6 Å². The summed E-state index contributed by atoms with van der Waals surface area (Å²) >= 11 is 1.47. The zero-order chi connectivity index (χ0) is 21.5. The zero-order valence-corrected chi connectivity index (χ0v) is 18.5. The summed E-state index contributed by atoms with van der Waals surface area (Å²) in [5.74, 6) is 0.450. The quantitative estimate of drug-likeness (QED) is 0.428. The highest BCUT2D eigenvalue weighted by Gasteiger charge is 2.25. The van der Waals surface area contributed by atoms with Gasteiger partial charge in [-0.1, -0.05) is 42.0 Å². The molecule has 0 bridgehead atoms. The number of piperidine rings is 1. The Hall–Kier alpha value is -2.83. The first-order valence-electron chi connectivity index (χ1n) is 10.6. The summed E-state index contributed by atoms with van der Waals surface area (Å²) in [5, 5.41) is 2.59. The first-order chi connectivity index (χ1) is 15.0. The molecule has 2 aromatic heterocycles. The second-order valence-corrected chi connectivity index (χ2v) is 9.21. The molecule has 31 heavy (non-hydrogen) atoms. The van der Waals surface area contributed by atoms with Crippen molar-refractivity contribution in [3.8, 4) is 22.5 Å². The standard InChI is InChI=1S/C25H24FN3OS/c1-16-3-5-18(6-4-16)23-27-24-22(21(15-31-24)17-7-9-19(26)10-8-17)25(30)29(23)20-11-13-28(2)14-12-20/h3-10,15,20H,11-14H2,1-2H3. The average molecular weight is 434 g/mol. The molecular weight excluding hydrogens is 409 g/mol. The second-order valence-electron chi connectivity index (χ2n) is 8.35. The van der Waals surface area contributed by atoms with Crippen LogP contribution in [0.2, 0.25) is 0 Å². The largest absolute Gasteiger partial charge is 0.306 e. The molecule has 4 aromatic rings. The molecule has 0 aliphatic carbocycles. The van der Waals surface area contributed by atoms with E-state index in [1.165, 1.54) is 29.0 Å². The number of aromatic nitrogens is 2. The van der Waals surface area contributed by atoms with Gasteiger partial charge in [0.2, 0.25) is 0 Å². The fourth-order valence-electron chi connectivity index (χ4n) is 4.34. The van der Waals surface area contributed by atoms with Gasteiger partial charge in [0, 0.05) is 22.5 Å². The number of hydrogen-bond acceptors (Lipinski definition) is 4. The summed E-state index contributed by atoms with van der Waals surface area (Å²) in [6, 6.07) is 14.6. The third-order valence-corrected chi connectivity index (χ3v) is 7.03. The molecule has 5 rings (SSSR count). The molecule has 2 aromatic carbocycles. The van der Waals surface area contributed by atoms with Crippen LogP contribution >= 0.6 is 11.3 Å². The normalized spacial score (nSPS) is 15.6. The summed E-state index contributed by atoms with van der Waals surface area (Å²) in [5.41, 5.74) is 3.79. The lowest BCUT2D eigenvalue weighted by Gasteiger charge is -2.31. The first-order valence-corrected chi connectivity index (χ1v) is 11.4. The van der Waals surface area contributed by atoms with Gasteiger partial charge in [-0.2, -0.15) is 0 Å². The predicted molar refractivity (Wildman–Crippen MR) is 125 cm³/mol. The summed E-state index contributed by atoms with van der Waals surface area (Å²) < 4.78 is 15.4. The van der Waals surface area contributed by atoms with Crippen molar-refractivity contribution >= 4 is 21.6 Å². The van der Waals surface area contributed by atoms with Gasteiger partial charge >= 0.3 is 0 Å². The molecule has 0 saturated carbocycles. The fourth-order valence-corrected chi connectivity index (χ4v) is 5.28. The number of hydrogen-bond donors (Lipinski definition) is 0. The number of aryl methyl sites for hydroxylation is 1. The molecule has 158 valence electrons. The van der Waals surface area contributed by atoms with Crippen LogP contribution in [0.1, 0.15) is 24.4 Å². The molecule has 0 unspecified atom stereocenters. The Morgan fingerprint density at radius 1 is 1.00 bits per heavy atom.